The maximum absolute atomic E-state index is 13.4. The molecule has 3 aromatic rings. The number of ether oxygens (including phenoxy) is 2. The van der Waals surface area contributed by atoms with E-state index in [0.717, 1.165) is 17.0 Å². The van der Waals surface area contributed by atoms with Gasteiger partial charge in [-0.05, 0) is 41.8 Å². The second-order valence-electron chi connectivity index (χ2n) is 6.25. The van der Waals surface area contributed by atoms with Crippen molar-refractivity contribution in [1.29, 1.82) is 0 Å². The Morgan fingerprint density at radius 1 is 1.03 bits per heavy atom. The summed E-state index contributed by atoms with van der Waals surface area (Å²) in [6.07, 6.45) is 0. The molecule has 1 aromatic heterocycles. The molecule has 0 radical (unpaired) electrons. The van der Waals surface area contributed by atoms with E-state index in [1.54, 1.807) is 28.4 Å². The molecule has 0 fully saturated rings. The summed E-state index contributed by atoms with van der Waals surface area (Å²) in [5, 5.41) is 1.96. The fourth-order valence-corrected chi connectivity index (χ4v) is 4.36. The van der Waals surface area contributed by atoms with Gasteiger partial charge in [0.25, 0.3) is 0 Å². The highest BCUT2D eigenvalue weighted by atomic mass is 32.2. The Kier molecular flexibility index (Phi) is 6.01. The van der Waals surface area contributed by atoms with Crippen molar-refractivity contribution >= 4 is 34.7 Å². The molecule has 0 atom stereocenters. The lowest BCUT2D eigenvalue weighted by Gasteiger charge is -2.25. The SMILES string of the molecule is O=C(CSc1ccc(F)c(F)c1)N(Cc1cccs1)c1ccc2c(c1)OCCO2. The van der Waals surface area contributed by atoms with Crippen LogP contribution in [0, 0.1) is 11.6 Å². The number of rotatable bonds is 6. The maximum Gasteiger partial charge on any atom is 0.237 e. The zero-order valence-corrected chi connectivity index (χ0v) is 16.9. The Hall–Kier alpha value is -2.58. The molecule has 2 aromatic carbocycles. The summed E-state index contributed by atoms with van der Waals surface area (Å²) >= 11 is 2.73. The van der Waals surface area contributed by atoms with E-state index in [2.05, 4.69) is 0 Å². The van der Waals surface area contributed by atoms with Gasteiger partial charge in [-0.2, -0.15) is 0 Å². The first-order valence-corrected chi connectivity index (χ1v) is 10.8. The number of anilines is 1. The molecule has 0 N–H and O–H groups in total. The van der Waals surface area contributed by atoms with E-state index in [1.165, 1.54) is 17.8 Å². The first kappa shape index (κ1) is 19.7. The van der Waals surface area contributed by atoms with E-state index in [0.29, 0.717) is 41.8 Å². The van der Waals surface area contributed by atoms with Gasteiger partial charge < -0.3 is 14.4 Å². The van der Waals surface area contributed by atoms with Crippen molar-refractivity contribution in [3.05, 3.63) is 70.4 Å². The lowest BCUT2D eigenvalue weighted by molar-refractivity contribution is -0.116. The van der Waals surface area contributed by atoms with Crippen LogP contribution < -0.4 is 14.4 Å². The largest absolute Gasteiger partial charge is 0.486 e. The van der Waals surface area contributed by atoms with Crippen molar-refractivity contribution in [2.24, 2.45) is 0 Å². The van der Waals surface area contributed by atoms with E-state index in [-0.39, 0.29) is 11.7 Å². The number of hydrogen-bond acceptors (Lipinski definition) is 5. The molecule has 0 spiro atoms. The van der Waals surface area contributed by atoms with Crippen LogP contribution in [-0.2, 0) is 11.3 Å². The summed E-state index contributed by atoms with van der Waals surface area (Å²) < 4.78 is 37.7. The molecule has 1 aliphatic heterocycles. The first-order chi connectivity index (χ1) is 14.1. The Morgan fingerprint density at radius 3 is 2.62 bits per heavy atom. The molecular formula is C21H17F2NO3S2. The summed E-state index contributed by atoms with van der Waals surface area (Å²) in [5.74, 6) is -0.637. The highest BCUT2D eigenvalue weighted by Crippen LogP contribution is 2.35. The summed E-state index contributed by atoms with van der Waals surface area (Å²) in [7, 11) is 0. The minimum Gasteiger partial charge on any atom is -0.486 e. The van der Waals surface area contributed by atoms with Gasteiger partial charge in [0.15, 0.2) is 23.1 Å². The summed E-state index contributed by atoms with van der Waals surface area (Å²) in [5.41, 5.74) is 0.693. The van der Waals surface area contributed by atoms with Crippen LogP contribution in [0.3, 0.4) is 0 Å². The molecule has 1 aliphatic rings. The molecule has 4 rings (SSSR count). The third-order valence-corrected chi connectivity index (χ3v) is 6.13. The number of thiophene rings is 1. The third-order valence-electron chi connectivity index (χ3n) is 4.29. The quantitative estimate of drug-likeness (QED) is 0.506. The van der Waals surface area contributed by atoms with Crippen molar-refractivity contribution in [1.82, 2.24) is 0 Å². The molecule has 29 heavy (non-hydrogen) atoms. The number of carbonyl (C=O) groups is 1. The number of fused-ring (bicyclic) bond motifs is 1. The van der Waals surface area contributed by atoms with Gasteiger partial charge in [-0.3, -0.25) is 4.79 Å². The number of thioether (sulfide) groups is 1. The molecule has 0 bridgehead atoms. The average Bonchev–Trinajstić information content (AvgIpc) is 3.25. The number of benzene rings is 2. The second kappa shape index (κ2) is 8.84. The first-order valence-electron chi connectivity index (χ1n) is 8.90. The van der Waals surface area contributed by atoms with Crippen molar-refractivity contribution in [3.63, 3.8) is 0 Å². The van der Waals surface area contributed by atoms with Crippen LogP contribution >= 0.6 is 23.1 Å². The van der Waals surface area contributed by atoms with Crippen LogP contribution in [0.1, 0.15) is 4.88 Å². The van der Waals surface area contributed by atoms with Gasteiger partial charge in [0.05, 0.1) is 12.3 Å². The standard InChI is InChI=1S/C21H17F2NO3S2/c22-17-5-4-15(11-18(17)23)29-13-21(25)24(12-16-2-1-9-28-16)14-3-6-19-20(10-14)27-8-7-26-19/h1-6,9-11H,7-8,12-13H2. The van der Waals surface area contributed by atoms with Crippen LogP contribution in [0.2, 0.25) is 0 Å². The Balaban J connectivity index is 1.54. The molecular weight excluding hydrogens is 416 g/mol. The fraction of sp³-hybridized carbons (Fsp3) is 0.190. The van der Waals surface area contributed by atoms with Crippen molar-refractivity contribution in [2.75, 3.05) is 23.9 Å². The Labute approximate surface area is 175 Å². The molecule has 0 aliphatic carbocycles. The van der Waals surface area contributed by atoms with E-state index >= 15 is 0 Å². The normalized spacial score (nSPS) is 12.6. The van der Waals surface area contributed by atoms with Crippen molar-refractivity contribution < 1.29 is 23.0 Å². The second-order valence-corrected chi connectivity index (χ2v) is 8.33. The number of hydrogen-bond donors (Lipinski definition) is 0. The van der Waals surface area contributed by atoms with Crippen LogP contribution in [0.5, 0.6) is 11.5 Å². The van der Waals surface area contributed by atoms with Gasteiger partial charge in [0, 0.05) is 21.5 Å². The van der Waals surface area contributed by atoms with Crippen molar-refractivity contribution in [3.8, 4) is 11.5 Å². The molecule has 2 heterocycles. The highest BCUT2D eigenvalue weighted by molar-refractivity contribution is 8.00. The predicted molar refractivity (Wildman–Crippen MR) is 110 cm³/mol. The molecule has 0 saturated heterocycles. The van der Waals surface area contributed by atoms with Gasteiger partial charge >= 0.3 is 0 Å². The molecule has 0 unspecified atom stereocenters. The number of nitrogens with zero attached hydrogens (tertiary/aromatic N) is 1. The van der Waals surface area contributed by atoms with E-state index in [1.807, 2.05) is 23.6 Å². The molecule has 4 nitrogen and oxygen atoms in total. The number of amides is 1. The molecule has 150 valence electrons. The van der Waals surface area contributed by atoms with Gasteiger partial charge in [0.1, 0.15) is 13.2 Å². The topological polar surface area (TPSA) is 38.8 Å². The summed E-state index contributed by atoms with van der Waals surface area (Å²) in [6.45, 7) is 1.37. The van der Waals surface area contributed by atoms with Gasteiger partial charge in [-0.1, -0.05) is 6.07 Å². The molecule has 0 saturated carbocycles. The minimum absolute atomic E-state index is 0.0882. The van der Waals surface area contributed by atoms with Crippen LogP contribution in [0.25, 0.3) is 0 Å². The zero-order chi connectivity index (χ0) is 20.2. The van der Waals surface area contributed by atoms with E-state index in [4.69, 9.17) is 9.47 Å². The number of halogens is 2. The average molecular weight is 434 g/mol. The van der Waals surface area contributed by atoms with E-state index < -0.39 is 11.6 Å². The Morgan fingerprint density at radius 2 is 1.86 bits per heavy atom. The summed E-state index contributed by atoms with van der Waals surface area (Å²) in [4.78, 5) is 16.2. The minimum atomic E-state index is -0.926. The third kappa shape index (κ3) is 4.71. The lowest BCUT2D eigenvalue weighted by atomic mass is 10.2. The monoisotopic (exact) mass is 433 g/mol. The lowest BCUT2D eigenvalue weighted by Crippen LogP contribution is -2.31. The van der Waals surface area contributed by atoms with E-state index in [9.17, 15) is 13.6 Å². The predicted octanol–water partition coefficient (Wildman–Crippen LogP) is 5.12. The smallest absolute Gasteiger partial charge is 0.237 e. The molecule has 1 amide bonds. The highest BCUT2D eigenvalue weighted by Gasteiger charge is 2.20. The van der Waals surface area contributed by atoms with Gasteiger partial charge in [-0.25, -0.2) is 8.78 Å². The molecule has 8 heteroatoms. The van der Waals surface area contributed by atoms with Crippen LogP contribution in [-0.4, -0.2) is 24.9 Å². The van der Waals surface area contributed by atoms with Gasteiger partial charge in [0.2, 0.25) is 5.91 Å². The van der Waals surface area contributed by atoms with Crippen molar-refractivity contribution in [2.45, 2.75) is 11.4 Å². The maximum atomic E-state index is 13.4. The summed E-state index contributed by atoms with van der Waals surface area (Å²) in [6, 6.07) is 12.9. The number of carbonyl (C=O) groups excluding carboxylic acids is 1. The fourth-order valence-electron chi connectivity index (χ4n) is 2.87. The zero-order valence-electron chi connectivity index (χ0n) is 15.3. The van der Waals surface area contributed by atoms with Crippen LogP contribution in [0.15, 0.2) is 58.8 Å². The van der Waals surface area contributed by atoms with Gasteiger partial charge in [-0.15, -0.1) is 23.1 Å². The van der Waals surface area contributed by atoms with Crippen LogP contribution in [0.4, 0.5) is 14.5 Å². The Bertz CT molecular complexity index is 1010.